The summed E-state index contributed by atoms with van der Waals surface area (Å²) in [5.41, 5.74) is 0.788. The summed E-state index contributed by atoms with van der Waals surface area (Å²) in [5.74, 6) is 0.202. The highest BCUT2D eigenvalue weighted by atomic mass is 79.9. The molecule has 0 saturated carbocycles. The van der Waals surface area contributed by atoms with Crippen molar-refractivity contribution in [2.45, 2.75) is 31.8 Å². The smallest absolute Gasteiger partial charge is 0.179 e. The SMILES string of the molecule is CC(C(=O)c1ccc(Br)cc1)N(C)C1CCNCC1. The number of carbonyl (C=O) groups is 1. The van der Waals surface area contributed by atoms with E-state index in [-0.39, 0.29) is 11.8 Å². The van der Waals surface area contributed by atoms with Gasteiger partial charge in [0.2, 0.25) is 0 Å². The van der Waals surface area contributed by atoms with E-state index in [1.165, 1.54) is 0 Å². The van der Waals surface area contributed by atoms with Crippen LogP contribution in [0.25, 0.3) is 0 Å². The predicted molar refractivity (Wildman–Crippen MR) is 81.6 cm³/mol. The fourth-order valence-corrected chi connectivity index (χ4v) is 2.83. The highest BCUT2D eigenvalue weighted by Gasteiger charge is 2.26. The van der Waals surface area contributed by atoms with Crippen LogP contribution in [0.4, 0.5) is 0 Å². The summed E-state index contributed by atoms with van der Waals surface area (Å²) in [6, 6.07) is 8.06. The topological polar surface area (TPSA) is 32.3 Å². The van der Waals surface area contributed by atoms with Gasteiger partial charge in [-0.2, -0.15) is 0 Å². The van der Waals surface area contributed by atoms with Gasteiger partial charge in [-0.3, -0.25) is 9.69 Å². The number of ketones is 1. The second-order valence-electron chi connectivity index (χ2n) is 5.19. The Kier molecular flexibility index (Phi) is 5.13. The van der Waals surface area contributed by atoms with Crippen LogP contribution in [0.3, 0.4) is 0 Å². The molecule has 1 aliphatic rings. The number of likely N-dealkylation sites (N-methyl/N-ethyl adjacent to an activating group) is 1. The molecule has 1 heterocycles. The average Bonchev–Trinajstić information content (AvgIpc) is 2.46. The number of halogens is 1. The lowest BCUT2D eigenvalue weighted by atomic mass is 9.99. The zero-order valence-corrected chi connectivity index (χ0v) is 13.1. The van der Waals surface area contributed by atoms with Crippen molar-refractivity contribution >= 4 is 21.7 Å². The van der Waals surface area contributed by atoms with E-state index in [4.69, 9.17) is 0 Å². The molecule has 0 aliphatic carbocycles. The van der Waals surface area contributed by atoms with Gasteiger partial charge in [0, 0.05) is 16.1 Å². The predicted octanol–water partition coefficient (Wildman–Crippen LogP) is 2.70. The molecule has 0 aromatic heterocycles. The molecule has 1 saturated heterocycles. The van der Waals surface area contributed by atoms with Gasteiger partial charge >= 0.3 is 0 Å². The molecule has 19 heavy (non-hydrogen) atoms. The summed E-state index contributed by atoms with van der Waals surface area (Å²) in [6.45, 7) is 4.11. The first-order chi connectivity index (χ1) is 9.09. The Hall–Kier alpha value is -0.710. The second-order valence-corrected chi connectivity index (χ2v) is 6.11. The van der Waals surface area contributed by atoms with Crippen LogP contribution < -0.4 is 5.32 Å². The molecule has 104 valence electrons. The van der Waals surface area contributed by atoms with E-state index in [1.54, 1.807) is 0 Å². The first-order valence-electron chi connectivity index (χ1n) is 6.82. The molecule has 0 amide bonds. The normalized spacial score (nSPS) is 18.5. The molecule has 1 aromatic carbocycles. The summed E-state index contributed by atoms with van der Waals surface area (Å²) >= 11 is 3.39. The quantitative estimate of drug-likeness (QED) is 0.864. The third kappa shape index (κ3) is 3.65. The molecule has 0 bridgehead atoms. The molecular weight excluding hydrogens is 304 g/mol. The fraction of sp³-hybridized carbons (Fsp3) is 0.533. The standard InChI is InChI=1S/C15H21BrN2O/c1-11(18(2)14-7-9-17-10-8-14)15(19)12-3-5-13(16)6-4-12/h3-6,11,14,17H,7-10H2,1-2H3. The van der Waals surface area contributed by atoms with Crippen molar-refractivity contribution in [3.63, 3.8) is 0 Å². The van der Waals surface area contributed by atoms with E-state index in [2.05, 4.69) is 33.2 Å². The largest absolute Gasteiger partial charge is 0.317 e. The summed E-state index contributed by atoms with van der Waals surface area (Å²) in [7, 11) is 2.07. The highest BCUT2D eigenvalue weighted by Crippen LogP contribution is 2.17. The van der Waals surface area contributed by atoms with Gasteiger partial charge in [0.25, 0.3) is 0 Å². The molecule has 1 atom stereocenters. The molecule has 0 radical (unpaired) electrons. The van der Waals surface area contributed by atoms with E-state index >= 15 is 0 Å². The van der Waals surface area contributed by atoms with Crippen molar-refractivity contribution in [1.29, 1.82) is 0 Å². The first kappa shape index (κ1) is 14.7. The average molecular weight is 325 g/mol. The van der Waals surface area contributed by atoms with Crippen molar-refractivity contribution < 1.29 is 4.79 Å². The Morgan fingerprint density at radius 3 is 2.47 bits per heavy atom. The van der Waals surface area contributed by atoms with Crippen molar-refractivity contribution in [3.8, 4) is 0 Å². The molecule has 1 N–H and O–H groups in total. The lowest BCUT2D eigenvalue weighted by Crippen LogP contribution is -2.47. The maximum Gasteiger partial charge on any atom is 0.179 e. The van der Waals surface area contributed by atoms with Crippen LogP contribution >= 0.6 is 15.9 Å². The molecule has 1 unspecified atom stereocenters. The van der Waals surface area contributed by atoms with Gasteiger partial charge < -0.3 is 5.32 Å². The molecular formula is C15H21BrN2O. The number of hydrogen-bond donors (Lipinski definition) is 1. The lowest BCUT2D eigenvalue weighted by molar-refractivity contribution is 0.0786. The van der Waals surface area contributed by atoms with E-state index in [1.807, 2.05) is 31.2 Å². The van der Waals surface area contributed by atoms with Crippen LogP contribution in [0.5, 0.6) is 0 Å². The van der Waals surface area contributed by atoms with Gasteiger partial charge in [-0.15, -0.1) is 0 Å². The molecule has 2 rings (SSSR count). The Morgan fingerprint density at radius 2 is 1.89 bits per heavy atom. The highest BCUT2D eigenvalue weighted by molar-refractivity contribution is 9.10. The van der Waals surface area contributed by atoms with E-state index < -0.39 is 0 Å². The van der Waals surface area contributed by atoms with Gasteiger partial charge in [0.1, 0.15) is 0 Å². The minimum absolute atomic E-state index is 0.0655. The molecule has 4 heteroatoms. The van der Waals surface area contributed by atoms with Gasteiger partial charge in [0.05, 0.1) is 6.04 Å². The van der Waals surface area contributed by atoms with Gasteiger partial charge in [-0.25, -0.2) is 0 Å². The second kappa shape index (κ2) is 6.64. The van der Waals surface area contributed by atoms with E-state index in [0.29, 0.717) is 6.04 Å². The number of nitrogens with one attached hydrogen (secondary N) is 1. The van der Waals surface area contributed by atoms with Crippen LogP contribution in [0.1, 0.15) is 30.1 Å². The molecule has 0 spiro atoms. The van der Waals surface area contributed by atoms with Crippen LogP contribution in [0.2, 0.25) is 0 Å². The number of Topliss-reactive ketones (excluding diaryl/α,β-unsaturated/α-hetero) is 1. The van der Waals surface area contributed by atoms with Crippen LogP contribution in [-0.2, 0) is 0 Å². The van der Waals surface area contributed by atoms with E-state index in [9.17, 15) is 4.79 Å². The summed E-state index contributed by atoms with van der Waals surface area (Å²) in [6.07, 6.45) is 2.24. The third-order valence-corrected chi connectivity index (χ3v) is 4.53. The Bertz CT molecular complexity index is 426. The molecule has 1 aromatic rings. The minimum Gasteiger partial charge on any atom is -0.317 e. The third-order valence-electron chi connectivity index (χ3n) is 4.00. The summed E-state index contributed by atoms with van der Waals surface area (Å²) in [4.78, 5) is 14.7. The number of hydrogen-bond acceptors (Lipinski definition) is 3. The minimum atomic E-state index is -0.0655. The monoisotopic (exact) mass is 324 g/mol. The molecule has 1 fully saturated rings. The number of nitrogens with zero attached hydrogens (tertiary/aromatic N) is 1. The maximum atomic E-state index is 12.5. The van der Waals surface area contributed by atoms with Crippen molar-refractivity contribution in [1.82, 2.24) is 10.2 Å². The van der Waals surface area contributed by atoms with E-state index in [0.717, 1.165) is 36.0 Å². The first-order valence-corrected chi connectivity index (χ1v) is 7.61. The van der Waals surface area contributed by atoms with Gasteiger partial charge in [-0.05, 0) is 52.0 Å². The fourth-order valence-electron chi connectivity index (χ4n) is 2.57. The summed E-state index contributed by atoms with van der Waals surface area (Å²) in [5, 5.41) is 3.36. The van der Waals surface area contributed by atoms with Gasteiger partial charge in [-0.1, -0.05) is 28.1 Å². The van der Waals surface area contributed by atoms with Crippen molar-refractivity contribution in [2.24, 2.45) is 0 Å². The van der Waals surface area contributed by atoms with Gasteiger partial charge in [0.15, 0.2) is 5.78 Å². The molecule has 3 nitrogen and oxygen atoms in total. The molecule has 1 aliphatic heterocycles. The van der Waals surface area contributed by atoms with Crippen LogP contribution in [-0.4, -0.2) is 42.9 Å². The Balaban J connectivity index is 2.03. The van der Waals surface area contributed by atoms with Crippen LogP contribution in [0, 0.1) is 0 Å². The maximum absolute atomic E-state index is 12.5. The summed E-state index contributed by atoms with van der Waals surface area (Å²) < 4.78 is 1.00. The Labute approximate surface area is 123 Å². The number of benzene rings is 1. The number of rotatable bonds is 4. The zero-order chi connectivity index (χ0) is 13.8. The van der Waals surface area contributed by atoms with Crippen molar-refractivity contribution in [3.05, 3.63) is 34.3 Å². The zero-order valence-electron chi connectivity index (χ0n) is 11.5. The number of piperidine rings is 1. The number of carbonyl (C=O) groups excluding carboxylic acids is 1. The van der Waals surface area contributed by atoms with Crippen LogP contribution in [0.15, 0.2) is 28.7 Å². The lowest BCUT2D eigenvalue weighted by Gasteiger charge is -2.35. The Morgan fingerprint density at radius 1 is 1.32 bits per heavy atom. The van der Waals surface area contributed by atoms with Crippen molar-refractivity contribution in [2.75, 3.05) is 20.1 Å².